The Morgan fingerprint density at radius 1 is 1.37 bits per heavy atom. The minimum atomic E-state index is -0.388. The second kappa shape index (κ2) is 6.37. The molecule has 2 unspecified atom stereocenters. The summed E-state index contributed by atoms with van der Waals surface area (Å²) in [6.07, 6.45) is 0.221. The molecular formula is C15H23NO3. The molecule has 0 aromatic heterocycles. The fourth-order valence-electron chi connectivity index (χ4n) is 2.41. The fourth-order valence-corrected chi connectivity index (χ4v) is 2.41. The first kappa shape index (κ1) is 14.3. The van der Waals surface area contributed by atoms with E-state index in [1.807, 2.05) is 31.2 Å². The summed E-state index contributed by atoms with van der Waals surface area (Å²) < 4.78 is 5.54. The van der Waals surface area contributed by atoms with Crippen molar-refractivity contribution < 1.29 is 14.9 Å². The van der Waals surface area contributed by atoms with Crippen molar-refractivity contribution in [3.8, 4) is 0 Å². The molecule has 0 radical (unpaired) electrons. The summed E-state index contributed by atoms with van der Waals surface area (Å²) >= 11 is 0. The molecule has 1 fully saturated rings. The van der Waals surface area contributed by atoms with E-state index in [1.165, 1.54) is 0 Å². The van der Waals surface area contributed by atoms with E-state index in [9.17, 15) is 10.2 Å². The number of hydrogen-bond acceptors (Lipinski definition) is 4. The highest BCUT2D eigenvalue weighted by Crippen LogP contribution is 2.24. The van der Waals surface area contributed by atoms with Crippen molar-refractivity contribution in [1.29, 1.82) is 0 Å². The zero-order chi connectivity index (χ0) is 13.8. The molecule has 2 rings (SSSR count). The molecule has 0 bridgehead atoms. The number of morpholine rings is 1. The SMILES string of the molecule is CC[C@H](O)c1ccc(N2CC(CO)OCC2C)cc1. The molecule has 0 spiro atoms. The maximum Gasteiger partial charge on any atom is 0.0981 e. The van der Waals surface area contributed by atoms with Crippen molar-refractivity contribution in [3.63, 3.8) is 0 Å². The Kier molecular flexibility index (Phi) is 4.80. The Balaban J connectivity index is 2.11. The summed E-state index contributed by atoms with van der Waals surface area (Å²) in [7, 11) is 0. The number of ether oxygens (including phenoxy) is 1. The smallest absolute Gasteiger partial charge is 0.0981 e. The van der Waals surface area contributed by atoms with Gasteiger partial charge in [0.25, 0.3) is 0 Å². The molecule has 2 N–H and O–H groups in total. The molecule has 1 aliphatic rings. The lowest BCUT2D eigenvalue weighted by Crippen LogP contribution is -2.49. The van der Waals surface area contributed by atoms with Crippen LogP contribution in [0.2, 0.25) is 0 Å². The van der Waals surface area contributed by atoms with Gasteiger partial charge in [-0.1, -0.05) is 19.1 Å². The van der Waals surface area contributed by atoms with Gasteiger partial charge in [-0.15, -0.1) is 0 Å². The van der Waals surface area contributed by atoms with E-state index in [2.05, 4.69) is 11.8 Å². The Bertz CT molecular complexity index is 393. The highest BCUT2D eigenvalue weighted by molar-refractivity contribution is 5.49. The monoisotopic (exact) mass is 265 g/mol. The van der Waals surface area contributed by atoms with Crippen molar-refractivity contribution in [1.82, 2.24) is 0 Å². The summed E-state index contributed by atoms with van der Waals surface area (Å²) in [5.74, 6) is 0. The molecule has 19 heavy (non-hydrogen) atoms. The van der Waals surface area contributed by atoms with Crippen LogP contribution in [0.25, 0.3) is 0 Å². The van der Waals surface area contributed by atoms with E-state index in [4.69, 9.17) is 4.74 Å². The van der Waals surface area contributed by atoms with Gasteiger partial charge in [-0.2, -0.15) is 0 Å². The van der Waals surface area contributed by atoms with Crippen LogP contribution in [0.3, 0.4) is 0 Å². The molecule has 1 saturated heterocycles. The van der Waals surface area contributed by atoms with Gasteiger partial charge in [-0.3, -0.25) is 0 Å². The Hall–Kier alpha value is -1.10. The third-order valence-corrected chi connectivity index (χ3v) is 3.71. The van der Waals surface area contributed by atoms with E-state index in [0.717, 1.165) is 17.7 Å². The van der Waals surface area contributed by atoms with Gasteiger partial charge < -0.3 is 19.8 Å². The van der Waals surface area contributed by atoms with Gasteiger partial charge >= 0.3 is 0 Å². The molecule has 0 saturated carbocycles. The summed E-state index contributed by atoms with van der Waals surface area (Å²) in [6.45, 7) is 5.46. The van der Waals surface area contributed by atoms with E-state index >= 15 is 0 Å². The topological polar surface area (TPSA) is 52.9 Å². The van der Waals surface area contributed by atoms with Crippen molar-refractivity contribution >= 4 is 5.69 Å². The number of nitrogens with zero attached hydrogens (tertiary/aromatic N) is 1. The number of benzene rings is 1. The highest BCUT2D eigenvalue weighted by Gasteiger charge is 2.25. The van der Waals surface area contributed by atoms with Crippen LogP contribution in [0.15, 0.2) is 24.3 Å². The first-order valence-electron chi connectivity index (χ1n) is 6.92. The van der Waals surface area contributed by atoms with Gasteiger partial charge in [0.05, 0.1) is 25.4 Å². The Labute approximate surface area is 114 Å². The second-order valence-electron chi connectivity index (χ2n) is 5.15. The molecular weight excluding hydrogens is 242 g/mol. The number of hydrogen-bond donors (Lipinski definition) is 2. The summed E-state index contributed by atoms with van der Waals surface area (Å²) in [5.41, 5.74) is 2.06. The zero-order valence-corrected chi connectivity index (χ0v) is 11.6. The molecule has 1 heterocycles. The van der Waals surface area contributed by atoms with Crippen molar-refractivity contribution in [2.45, 2.75) is 38.5 Å². The quantitative estimate of drug-likeness (QED) is 0.870. The van der Waals surface area contributed by atoms with Crippen LogP contribution in [0.4, 0.5) is 5.69 Å². The maximum atomic E-state index is 9.80. The zero-order valence-electron chi connectivity index (χ0n) is 11.6. The highest BCUT2D eigenvalue weighted by atomic mass is 16.5. The Morgan fingerprint density at radius 3 is 2.63 bits per heavy atom. The number of aliphatic hydroxyl groups excluding tert-OH is 2. The van der Waals surface area contributed by atoms with E-state index < -0.39 is 0 Å². The van der Waals surface area contributed by atoms with Gasteiger partial charge in [-0.05, 0) is 31.0 Å². The van der Waals surface area contributed by atoms with Crippen molar-refractivity contribution in [3.05, 3.63) is 29.8 Å². The standard InChI is InChI=1S/C15H23NO3/c1-3-15(18)12-4-6-13(7-5-12)16-8-14(9-17)19-10-11(16)2/h4-7,11,14-15,17-18H,3,8-10H2,1-2H3/t11?,14?,15-/m0/s1. The predicted octanol–water partition coefficient (Wildman–Crippen LogP) is 1.72. The van der Waals surface area contributed by atoms with Crippen LogP contribution < -0.4 is 4.90 Å². The lowest BCUT2D eigenvalue weighted by molar-refractivity contribution is -0.0103. The van der Waals surface area contributed by atoms with E-state index in [0.29, 0.717) is 19.2 Å². The molecule has 1 aromatic carbocycles. The van der Waals surface area contributed by atoms with E-state index in [1.54, 1.807) is 0 Å². The van der Waals surface area contributed by atoms with Crippen molar-refractivity contribution in [2.24, 2.45) is 0 Å². The molecule has 1 aliphatic heterocycles. The largest absolute Gasteiger partial charge is 0.394 e. The third-order valence-electron chi connectivity index (χ3n) is 3.71. The molecule has 106 valence electrons. The van der Waals surface area contributed by atoms with Gasteiger partial charge in [-0.25, -0.2) is 0 Å². The molecule has 4 nitrogen and oxygen atoms in total. The van der Waals surface area contributed by atoms with Gasteiger partial charge in [0.15, 0.2) is 0 Å². The minimum absolute atomic E-state index is 0.0514. The molecule has 0 aliphatic carbocycles. The average Bonchev–Trinajstić information content (AvgIpc) is 2.47. The van der Waals surface area contributed by atoms with Gasteiger partial charge in [0.2, 0.25) is 0 Å². The molecule has 3 atom stereocenters. The number of aliphatic hydroxyl groups is 2. The maximum absolute atomic E-state index is 9.80. The fraction of sp³-hybridized carbons (Fsp3) is 0.600. The first-order chi connectivity index (χ1) is 9.15. The molecule has 1 aromatic rings. The van der Waals surface area contributed by atoms with Crippen LogP contribution in [0, 0.1) is 0 Å². The normalized spacial score (nSPS) is 25.4. The Morgan fingerprint density at radius 2 is 2.05 bits per heavy atom. The van der Waals surface area contributed by atoms with Crippen LogP contribution in [0.5, 0.6) is 0 Å². The average molecular weight is 265 g/mol. The van der Waals surface area contributed by atoms with Crippen LogP contribution in [-0.4, -0.2) is 42.1 Å². The van der Waals surface area contributed by atoms with Gasteiger partial charge in [0.1, 0.15) is 0 Å². The molecule has 0 amide bonds. The molecule has 4 heteroatoms. The van der Waals surface area contributed by atoms with Gasteiger partial charge in [0, 0.05) is 18.3 Å². The number of anilines is 1. The van der Waals surface area contributed by atoms with Crippen LogP contribution in [0.1, 0.15) is 31.9 Å². The predicted molar refractivity (Wildman–Crippen MR) is 75.3 cm³/mol. The minimum Gasteiger partial charge on any atom is -0.394 e. The summed E-state index contributed by atoms with van der Waals surface area (Å²) in [5, 5.41) is 19.0. The first-order valence-corrected chi connectivity index (χ1v) is 6.92. The van der Waals surface area contributed by atoms with E-state index in [-0.39, 0.29) is 18.8 Å². The second-order valence-corrected chi connectivity index (χ2v) is 5.15. The summed E-state index contributed by atoms with van der Waals surface area (Å²) in [4.78, 5) is 2.24. The lowest BCUT2D eigenvalue weighted by Gasteiger charge is -2.39. The number of rotatable bonds is 4. The lowest BCUT2D eigenvalue weighted by atomic mass is 10.1. The van der Waals surface area contributed by atoms with Crippen LogP contribution in [-0.2, 0) is 4.74 Å². The third kappa shape index (κ3) is 3.26. The summed E-state index contributed by atoms with van der Waals surface area (Å²) in [6, 6.07) is 8.30. The van der Waals surface area contributed by atoms with Crippen molar-refractivity contribution in [2.75, 3.05) is 24.7 Å². The van der Waals surface area contributed by atoms with Crippen LogP contribution >= 0.6 is 0 Å².